The molecule has 1 saturated carbocycles. The summed E-state index contributed by atoms with van der Waals surface area (Å²) in [4.78, 5) is 12.0. The monoisotopic (exact) mass is 237 g/mol. The molecule has 2 fully saturated rings. The van der Waals surface area contributed by atoms with E-state index >= 15 is 0 Å². The maximum Gasteiger partial charge on any atom is 0.310 e. The van der Waals surface area contributed by atoms with Crippen LogP contribution in [-0.4, -0.2) is 18.2 Å². The summed E-state index contributed by atoms with van der Waals surface area (Å²) in [6, 6.07) is 0. The highest BCUT2D eigenvalue weighted by atomic mass is 16.6. The van der Waals surface area contributed by atoms with Crippen molar-refractivity contribution in [2.75, 3.05) is 6.54 Å². The van der Waals surface area contributed by atoms with Crippen molar-refractivity contribution in [2.24, 2.45) is 11.8 Å². The second-order valence-corrected chi connectivity index (χ2v) is 5.45. The van der Waals surface area contributed by atoms with E-state index in [4.69, 9.17) is 4.74 Å². The lowest BCUT2D eigenvalue weighted by Gasteiger charge is -2.29. The normalized spacial score (nSPS) is 33.2. The zero-order valence-corrected chi connectivity index (χ0v) is 10.9. The van der Waals surface area contributed by atoms with Crippen LogP contribution in [0.5, 0.6) is 0 Å². The first-order valence-corrected chi connectivity index (χ1v) is 6.74. The highest BCUT2D eigenvalue weighted by Gasteiger charge is 2.48. The molecule has 2 bridgehead atoms. The minimum absolute atomic E-state index is 0.00188. The summed E-state index contributed by atoms with van der Waals surface area (Å²) in [5.41, 5.74) is -0.309. The van der Waals surface area contributed by atoms with Gasteiger partial charge in [-0.05, 0) is 32.1 Å². The van der Waals surface area contributed by atoms with E-state index in [1.165, 1.54) is 6.42 Å². The van der Waals surface area contributed by atoms with E-state index in [1.54, 1.807) is 0 Å². The number of ether oxygens (including phenoxy) is 1. The van der Waals surface area contributed by atoms with Gasteiger partial charge in [-0.1, -0.05) is 19.1 Å². The maximum atomic E-state index is 12.0. The fraction of sp³-hybridized carbons (Fsp3) is 0.786. The molecular weight excluding hydrogens is 214 g/mol. The quantitative estimate of drug-likeness (QED) is 0.590. The molecule has 0 amide bonds. The largest absolute Gasteiger partial charge is 0.444 e. The Balaban J connectivity index is 1.80. The summed E-state index contributed by atoms with van der Waals surface area (Å²) >= 11 is 0. The molecule has 0 aromatic rings. The van der Waals surface area contributed by atoms with Crippen molar-refractivity contribution in [3.8, 4) is 0 Å². The molecule has 1 heterocycles. The molecule has 0 spiro atoms. The maximum absolute atomic E-state index is 12.0. The molecule has 1 aliphatic heterocycles. The van der Waals surface area contributed by atoms with Crippen molar-refractivity contribution in [2.45, 2.75) is 51.7 Å². The Bertz CT molecular complexity index is 303. The molecule has 2 aliphatic rings. The van der Waals surface area contributed by atoms with Crippen LogP contribution in [0.4, 0.5) is 0 Å². The van der Waals surface area contributed by atoms with Gasteiger partial charge in [-0.3, -0.25) is 10.1 Å². The average molecular weight is 237 g/mol. The predicted molar refractivity (Wildman–Crippen MR) is 67.4 cm³/mol. The van der Waals surface area contributed by atoms with Crippen LogP contribution in [0.15, 0.2) is 12.2 Å². The van der Waals surface area contributed by atoms with Gasteiger partial charge in [0.05, 0.1) is 5.92 Å². The number of carbonyl (C=O) groups is 1. The summed E-state index contributed by atoms with van der Waals surface area (Å²) < 4.78 is 5.71. The van der Waals surface area contributed by atoms with Crippen molar-refractivity contribution in [1.29, 1.82) is 0 Å². The molecular formula is C14H23NO2. The minimum atomic E-state index is -0.309. The molecule has 1 N–H and O–H groups in total. The number of fused-ring (bicyclic) bond motifs is 2. The predicted octanol–water partition coefficient (Wildman–Crippen LogP) is 2.62. The van der Waals surface area contributed by atoms with Crippen LogP contribution >= 0.6 is 0 Å². The standard InChI is InChI=1S/C14H23NO2/c1-3-4-5-6-11(2)13(16)17-14-8-7-12(9-14)10-15-14/h3-4,11-12,15H,5-10H2,1-2H3/t11?,12-,14+/m0/s1. The van der Waals surface area contributed by atoms with Crippen LogP contribution in [0.25, 0.3) is 0 Å². The average Bonchev–Trinajstić information content (AvgIpc) is 2.88. The summed E-state index contributed by atoms with van der Waals surface area (Å²) in [5.74, 6) is 0.688. The zero-order chi connectivity index (χ0) is 12.3. The van der Waals surface area contributed by atoms with E-state index in [0.717, 1.165) is 38.1 Å². The van der Waals surface area contributed by atoms with Crippen molar-refractivity contribution < 1.29 is 9.53 Å². The molecule has 3 heteroatoms. The van der Waals surface area contributed by atoms with E-state index < -0.39 is 0 Å². The molecule has 17 heavy (non-hydrogen) atoms. The Hall–Kier alpha value is -0.830. The van der Waals surface area contributed by atoms with Gasteiger partial charge in [0.15, 0.2) is 5.72 Å². The fourth-order valence-corrected chi connectivity index (χ4v) is 2.83. The second-order valence-electron chi connectivity index (χ2n) is 5.45. The van der Waals surface area contributed by atoms with Crippen LogP contribution in [0, 0.1) is 11.8 Å². The Morgan fingerprint density at radius 2 is 2.47 bits per heavy atom. The molecule has 3 atom stereocenters. The number of hydrogen-bond acceptors (Lipinski definition) is 3. The van der Waals surface area contributed by atoms with Crippen molar-refractivity contribution in [3.05, 3.63) is 12.2 Å². The van der Waals surface area contributed by atoms with E-state index in [9.17, 15) is 4.79 Å². The fourth-order valence-electron chi connectivity index (χ4n) is 2.83. The number of rotatable bonds is 5. The lowest BCUT2D eigenvalue weighted by Crippen LogP contribution is -2.45. The van der Waals surface area contributed by atoms with Gasteiger partial charge in [-0.25, -0.2) is 0 Å². The lowest BCUT2D eigenvalue weighted by molar-refractivity contribution is -0.166. The Kier molecular flexibility index (Phi) is 3.87. The van der Waals surface area contributed by atoms with E-state index in [2.05, 4.69) is 11.4 Å². The van der Waals surface area contributed by atoms with Crippen LogP contribution < -0.4 is 5.32 Å². The molecule has 0 aromatic carbocycles. The van der Waals surface area contributed by atoms with Gasteiger partial charge in [-0.15, -0.1) is 0 Å². The van der Waals surface area contributed by atoms with Crippen LogP contribution in [0.2, 0.25) is 0 Å². The zero-order valence-electron chi connectivity index (χ0n) is 10.9. The molecule has 0 radical (unpaired) electrons. The van der Waals surface area contributed by atoms with Gasteiger partial charge in [-0.2, -0.15) is 0 Å². The van der Waals surface area contributed by atoms with Crippen LogP contribution in [0.1, 0.15) is 46.0 Å². The van der Waals surface area contributed by atoms with Gasteiger partial charge in [0.1, 0.15) is 0 Å². The number of nitrogens with one attached hydrogen (secondary N) is 1. The Morgan fingerprint density at radius 3 is 3.00 bits per heavy atom. The smallest absolute Gasteiger partial charge is 0.310 e. The Morgan fingerprint density at radius 1 is 1.65 bits per heavy atom. The first-order chi connectivity index (χ1) is 8.15. The van der Waals surface area contributed by atoms with Crippen LogP contribution in [0.3, 0.4) is 0 Å². The third kappa shape index (κ3) is 2.89. The minimum Gasteiger partial charge on any atom is -0.444 e. The third-order valence-electron chi connectivity index (χ3n) is 3.99. The number of hydrogen-bond donors (Lipinski definition) is 1. The highest BCUT2D eigenvalue weighted by Crippen LogP contribution is 2.41. The van der Waals surface area contributed by atoms with Crippen LogP contribution in [-0.2, 0) is 9.53 Å². The van der Waals surface area contributed by atoms with Gasteiger partial charge in [0.2, 0.25) is 0 Å². The molecule has 2 rings (SSSR count). The molecule has 0 aromatic heterocycles. The summed E-state index contributed by atoms with van der Waals surface area (Å²) in [5, 5.41) is 3.37. The summed E-state index contributed by atoms with van der Waals surface area (Å²) in [6.45, 7) is 4.98. The van der Waals surface area contributed by atoms with E-state index in [1.807, 2.05) is 19.9 Å². The SMILES string of the molecule is CC=CCCC(C)C(=O)O[C@@]12CC[C@H](CN1)C2. The molecule has 1 saturated heterocycles. The topological polar surface area (TPSA) is 38.3 Å². The van der Waals surface area contributed by atoms with E-state index in [0.29, 0.717) is 0 Å². The Labute approximate surface area is 104 Å². The van der Waals surface area contributed by atoms with Crippen molar-refractivity contribution >= 4 is 5.97 Å². The molecule has 1 unspecified atom stereocenters. The molecule has 3 nitrogen and oxygen atoms in total. The first kappa shape index (κ1) is 12.6. The highest BCUT2D eigenvalue weighted by molar-refractivity contribution is 5.72. The lowest BCUT2D eigenvalue weighted by atomic mass is 10.1. The second kappa shape index (κ2) is 5.21. The van der Waals surface area contributed by atoms with Gasteiger partial charge in [0, 0.05) is 19.4 Å². The molecule has 1 aliphatic carbocycles. The number of esters is 1. The summed E-state index contributed by atoms with van der Waals surface area (Å²) in [7, 11) is 0. The number of piperidine rings is 1. The summed E-state index contributed by atoms with van der Waals surface area (Å²) in [6.07, 6.45) is 9.16. The number of allylic oxidation sites excluding steroid dienone is 2. The van der Waals surface area contributed by atoms with Gasteiger partial charge < -0.3 is 4.74 Å². The van der Waals surface area contributed by atoms with E-state index in [-0.39, 0.29) is 17.6 Å². The number of carbonyl (C=O) groups excluding carboxylic acids is 1. The van der Waals surface area contributed by atoms with Crippen molar-refractivity contribution in [3.63, 3.8) is 0 Å². The molecule has 96 valence electrons. The van der Waals surface area contributed by atoms with Gasteiger partial charge >= 0.3 is 5.97 Å². The van der Waals surface area contributed by atoms with Gasteiger partial charge in [0.25, 0.3) is 0 Å². The third-order valence-corrected chi connectivity index (χ3v) is 3.99. The van der Waals surface area contributed by atoms with Crippen molar-refractivity contribution in [1.82, 2.24) is 5.32 Å². The first-order valence-electron chi connectivity index (χ1n) is 6.74.